The molecule has 0 amide bonds. The molecule has 0 heterocycles. The van der Waals surface area contributed by atoms with Crippen molar-refractivity contribution in [2.24, 2.45) is 5.73 Å². The van der Waals surface area contributed by atoms with Crippen LogP contribution in [0, 0.1) is 0 Å². The molecule has 1 aliphatic carbocycles. The zero-order chi connectivity index (χ0) is 11.4. The van der Waals surface area contributed by atoms with Crippen molar-refractivity contribution < 1.29 is 0 Å². The minimum absolute atomic E-state index is 0.0951. The molecule has 0 unspecified atom stereocenters. The molecule has 0 spiro atoms. The Hall–Kier alpha value is -0.530. The summed E-state index contributed by atoms with van der Waals surface area (Å²) >= 11 is 5.86. The van der Waals surface area contributed by atoms with Crippen LogP contribution in [0.25, 0.3) is 0 Å². The van der Waals surface area contributed by atoms with Gasteiger partial charge in [-0.15, -0.1) is 0 Å². The van der Waals surface area contributed by atoms with Gasteiger partial charge in [-0.25, -0.2) is 0 Å². The molecule has 0 aliphatic heterocycles. The van der Waals surface area contributed by atoms with E-state index in [2.05, 4.69) is 12.1 Å². The second-order valence-electron chi connectivity index (χ2n) is 5.05. The lowest BCUT2D eigenvalue weighted by Crippen LogP contribution is -2.41. The van der Waals surface area contributed by atoms with Crippen molar-refractivity contribution in [1.29, 1.82) is 0 Å². The SMILES string of the molecule is NC1(CCc2ccc(Cl)cc2)CCCCC1. The smallest absolute Gasteiger partial charge is 0.0406 e. The third-order valence-electron chi connectivity index (χ3n) is 3.67. The molecule has 16 heavy (non-hydrogen) atoms. The molecule has 0 bridgehead atoms. The number of halogens is 1. The van der Waals surface area contributed by atoms with Crippen molar-refractivity contribution >= 4 is 11.6 Å². The van der Waals surface area contributed by atoms with Crippen molar-refractivity contribution in [2.75, 3.05) is 0 Å². The minimum atomic E-state index is 0.0951. The summed E-state index contributed by atoms with van der Waals surface area (Å²) in [5, 5.41) is 0.809. The van der Waals surface area contributed by atoms with Crippen LogP contribution in [-0.4, -0.2) is 5.54 Å². The van der Waals surface area contributed by atoms with Crippen LogP contribution in [-0.2, 0) is 6.42 Å². The Morgan fingerprint density at radius 3 is 2.31 bits per heavy atom. The molecule has 0 saturated heterocycles. The van der Waals surface area contributed by atoms with Crippen molar-refractivity contribution in [3.05, 3.63) is 34.9 Å². The summed E-state index contributed by atoms with van der Waals surface area (Å²) in [5.41, 5.74) is 7.85. The molecule has 1 aromatic carbocycles. The van der Waals surface area contributed by atoms with Gasteiger partial charge in [0, 0.05) is 10.6 Å². The summed E-state index contributed by atoms with van der Waals surface area (Å²) in [5.74, 6) is 0. The van der Waals surface area contributed by atoms with Gasteiger partial charge in [-0.3, -0.25) is 0 Å². The van der Waals surface area contributed by atoms with E-state index in [1.54, 1.807) is 0 Å². The van der Waals surface area contributed by atoms with Gasteiger partial charge in [0.2, 0.25) is 0 Å². The highest BCUT2D eigenvalue weighted by Gasteiger charge is 2.26. The van der Waals surface area contributed by atoms with Crippen LogP contribution in [0.3, 0.4) is 0 Å². The molecule has 0 aromatic heterocycles. The van der Waals surface area contributed by atoms with Crippen LogP contribution in [0.1, 0.15) is 44.1 Å². The fourth-order valence-electron chi connectivity index (χ4n) is 2.55. The van der Waals surface area contributed by atoms with Gasteiger partial charge in [0.15, 0.2) is 0 Å². The summed E-state index contributed by atoms with van der Waals surface area (Å²) in [7, 11) is 0. The van der Waals surface area contributed by atoms with Gasteiger partial charge in [-0.1, -0.05) is 43.0 Å². The van der Waals surface area contributed by atoms with Crippen LogP contribution in [0.4, 0.5) is 0 Å². The lowest BCUT2D eigenvalue weighted by Gasteiger charge is -2.33. The number of benzene rings is 1. The standard InChI is InChI=1S/C14H20ClN/c15-13-6-4-12(5-7-13)8-11-14(16)9-2-1-3-10-14/h4-7H,1-3,8-11,16H2. The van der Waals surface area contributed by atoms with Crippen molar-refractivity contribution in [3.63, 3.8) is 0 Å². The Bertz CT molecular complexity index is 325. The molecule has 2 rings (SSSR count). The molecule has 0 radical (unpaired) electrons. The van der Waals surface area contributed by atoms with E-state index in [1.807, 2.05) is 12.1 Å². The highest BCUT2D eigenvalue weighted by Crippen LogP contribution is 2.29. The highest BCUT2D eigenvalue weighted by molar-refractivity contribution is 6.30. The second kappa shape index (κ2) is 5.20. The molecule has 1 nitrogen and oxygen atoms in total. The molecular formula is C14H20ClN. The fourth-order valence-corrected chi connectivity index (χ4v) is 2.68. The molecule has 0 atom stereocenters. The maximum absolute atomic E-state index is 6.41. The second-order valence-corrected chi connectivity index (χ2v) is 5.49. The van der Waals surface area contributed by atoms with Crippen LogP contribution < -0.4 is 5.73 Å². The van der Waals surface area contributed by atoms with Crippen molar-refractivity contribution in [2.45, 2.75) is 50.5 Å². The Balaban J connectivity index is 1.88. The summed E-state index contributed by atoms with van der Waals surface area (Å²) < 4.78 is 0. The highest BCUT2D eigenvalue weighted by atomic mass is 35.5. The van der Waals surface area contributed by atoms with Gasteiger partial charge < -0.3 is 5.73 Å². The molecule has 1 fully saturated rings. The monoisotopic (exact) mass is 237 g/mol. The van der Waals surface area contributed by atoms with E-state index in [0.717, 1.165) is 17.9 Å². The summed E-state index contributed by atoms with van der Waals surface area (Å²) in [6.07, 6.45) is 8.54. The predicted molar refractivity (Wildman–Crippen MR) is 69.8 cm³/mol. The first-order valence-electron chi connectivity index (χ1n) is 6.21. The van der Waals surface area contributed by atoms with Gasteiger partial charge in [-0.2, -0.15) is 0 Å². The van der Waals surface area contributed by atoms with Gasteiger partial charge >= 0.3 is 0 Å². The lowest BCUT2D eigenvalue weighted by molar-refractivity contribution is 0.278. The van der Waals surface area contributed by atoms with Gasteiger partial charge in [-0.05, 0) is 43.4 Å². The summed E-state index contributed by atoms with van der Waals surface area (Å²) in [6.45, 7) is 0. The van der Waals surface area contributed by atoms with Crippen molar-refractivity contribution in [3.8, 4) is 0 Å². The Morgan fingerprint density at radius 1 is 1.06 bits per heavy atom. The van der Waals surface area contributed by atoms with Crippen molar-refractivity contribution in [1.82, 2.24) is 0 Å². The fraction of sp³-hybridized carbons (Fsp3) is 0.571. The van der Waals surface area contributed by atoms with E-state index < -0.39 is 0 Å². The van der Waals surface area contributed by atoms with E-state index in [9.17, 15) is 0 Å². The Kier molecular flexibility index (Phi) is 3.88. The molecule has 1 saturated carbocycles. The number of hydrogen-bond donors (Lipinski definition) is 1. The third kappa shape index (κ3) is 3.23. The van der Waals surface area contributed by atoms with Crippen LogP contribution in [0.15, 0.2) is 24.3 Å². The molecule has 1 aliphatic rings. The molecule has 1 aromatic rings. The number of nitrogens with two attached hydrogens (primary N) is 1. The van der Waals surface area contributed by atoms with E-state index >= 15 is 0 Å². The normalized spacial score (nSPS) is 19.6. The summed E-state index contributed by atoms with van der Waals surface area (Å²) in [4.78, 5) is 0. The zero-order valence-electron chi connectivity index (χ0n) is 9.71. The lowest BCUT2D eigenvalue weighted by atomic mass is 9.79. The maximum atomic E-state index is 6.41. The first-order valence-corrected chi connectivity index (χ1v) is 6.59. The minimum Gasteiger partial charge on any atom is -0.325 e. The zero-order valence-corrected chi connectivity index (χ0v) is 10.5. The average molecular weight is 238 g/mol. The predicted octanol–water partition coefficient (Wildman–Crippen LogP) is 3.93. The van der Waals surface area contributed by atoms with E-state index in [0.29, 0.717) is 0 Å². The van der Waals surface area contributed by atoms with Gasteiger partial charge in [0.25, 0.3) is 0 Å². The largest absolute Gasteiger partial charge is 0.325 e. The Labute approximate surface area is 103 Å². The molecule has 2 heteroatoms. The van der Waals surface area contributed by atoms with Gasteiger partial charge in [0.1, 0.15) is 0 Å². The first kappa shape index (κ1) is 11.9. The van der Waals surface area contributed by atoms with Crippen LogP contribution in [0.5, 0.6) is 0 Å². The average Bonchev–Trinajstić information content (AvgIpc) is 2.29. The van der Waals surface area contributed by atoms with Crippen LogP contribution in [0.2, 0.25) is 5.02 Å². The maximum Gasteiger partial charge on any atom is 0.0406 e. The van der Waals surface area contributed by atoms with E-state index in [4.69, 9.17) is 17.3 Å². The Morgan fingerprint density at radius 2 is 1.69 bits per heavy atom. The third-order valence-corrected chi connectivity index (χ3v) is 3.93. The summed E-state index contributed by atoms with van der Waals surface area (Å²) in [6, 6.07) is 8.13. The first-order chi connectivity index (χ1) is 7.68. The number of rotatable bonds is 3. The van der Waals surface area contributed by atoms with E-state index in [-0.39, 0.29) is 5.54 Å². The van der Waals surface area contributed by atoms with Gasteiger partial charge in [0.05, 0.1) is 0 Å². The molecule has 2 N–H and O–H groups in total. The molecule has 88 valence electrons. The molecular weight excluding hydrogens is 218 g/mol. The van der Waals surface area contributed by atoms with Crippen LogP contribution >= 0.6 is 11.6 Å². The quantitative estimate of drug-likeness (QED) is 0.847. The number of hydrogen-bond acceptors (Lipinski definition) is 1. The van der Waals surface area contributed by atoms with E-state index in [1.165, 1.54) is 37.7 Å². The number of aryl methyl sites for hydroxylation is 1. The topological polar surface area (TPSA) is 26.0 Å².